The molecule has 6 heteroatoms. The van der Waals surface area contributed by atoms with Crippen LogP contribution in [0.3, 0.4) is 0 Å². The van der Waals surface area contributed by atoms with E-state index in [1.165, 1.54) is 24.1 Å². The van der Waals surface area contributed by atoms with Crippen LogP contribution in [0.2, 0.25) is 0 Å². The fourth-order valence-electron chi connectivity index (χ4n) is 1.66. The van der Waals surface area contributed by atoms with Crippen molar-refractivity contribution in [2.45, 2.75) is 6.92 Å². The van der Waals surface area contributed by atoms with Gasteiger partial charge in [-0.3, -0.25) is 9.59 Å². The minimum atomic E-state index is -0.590. The quantitative estimate of drug-likeness (QED) is 0.786. The van der Waals surface area contributed by atoms with Gasteiger partial charge in [-0.2, -0.15) is 0 Å². The van der Waals surface area contributed by atoms with Crippen molar-refractivity contribution in [3.63, 3.8) is 0 Å². The van der Waals surface area contributed by atoms with E-state index in [2.05, 4.69) is 17.2 Å². The first-order valence-electron chi connectivity index (χ1n) is 6.50. The molecule has 112 valence electrons. The van der Waals surface area contributed by atoms with Crippen LogP contribution in [0.1, 0.15) is 22.8 Å². The Bertz CT molecular complexity index is 590. The lowest BCUT2D eigenvalue weighted by Gasteiger charge is -2.16. The third-order valence-corrected chi connectivity index (χ3v) is 2.64. The molecular formula is C15H18FN3O2. The highest BCUT2D eigenvalue weighted by molar-refractivity contribution is 5.96. The van der Waals surface area contributed by atoms with Gasteiger partial charge in [-0.05, 0) is 25.1 Å². The molecule has 2 amide bonds. The van der Waals surface area contributed by atoms with Crippen LogP contribution in [0.25, 0.3) is 0 Å². The number of hydrogen-bond acceptors (Lipinski definition) is 3. The summed E-state index contributed by atoms with van der Waals surface area (Å²) in [4.78, 5) is 24.7. The van der Waals surface area contributed by atoms with E-state index in [-0.39, 0.29) is 30.1 Å². The van der Waals surface area contributed by atoms with Crippen molar-refractivity contribution in [2.24, 2.45) is 5.73 Å². The molecular weight excluding hydrogens is 273 g/mol. The number of carbonyl (C=O) groups is 2. The summed E-state index contributed by atoms with van der Waals surface area (Å²) in [5.74, 6) is 3.84. The lowest BCUT2D eigenvalue weighted by atomic mass is 10.1. The molecule has 0 unspecified atom stereocenters. The average Bonchev–Trinajstić information content (AvgIpc) is 2.45. The molecule has 5 nitrogen and oxygen atoms in total. The summed E-state index contributed by atoms with van der Waals surface area (Å²) in [7, 11) is 1.48. The van der Waals surface area contributed by atoms with E-state index in [9.17, 15) is 14.0 Å². The molecule has 3 N–H and O–H groups in total. The zero-order chi connectivity index (χ0) is 15.8. The van der Waals surface area contributed by atoms with Crippen LogP contribution in [0.4, 0.5) is 4.39 Å². The Morgan fingerprint density at radius 2 is 2.14 bits per heavy atom. The number of carbonyl (C=O) groups excluding carboxylic acids is 2. The first kappa shape index (κ1) is 16.7. The molecule has 0 saturated carbocycles. The maximum absolute atomic E-state index is 13.8. The highest BCUT2D eigenvalue weighted by Gasteiger charge is 2.15. The number of hydrogen-bond donors (Lipinski definition) is 2. The van der Waals surface area contributed by atoms with Crippen molar-refractivity contribution in [1.29, 1.82) is 0 Å². The second kappa shape index (κ2) is 8.02. The SMILES string of the molecule is CCNC(=O)CN(C)C(=O)c1ccc(C#CCN)c(F)c1. The number of nitrogens with two attached hydrogens (primary N) is 1. The van der Waals surface area contributed by atoms with Gasteiger partial charge in [-0.25, -0.2) is 4.39 Å². The van der Waals surface area contributed by atoms with Crippen molar-refractivity contribution in [3.8, 4) is 11.8 Å². The highest BCUT2D eigenvalue weighted by Crippen LogP contribution is 2.11. The number of likely N-dealkylation sites (N-methyl/N-ethyl adjacent to an activating group) is 2. The molecule has 0 spiro atoms. The summed E-state index contributed by atoms with van der Waals surface area (Å²) < 4.78 is 13.8. The summed E-state index contributed by atoms with van der Waals surface area (Å²) in [6, 6.07) is 4.00. The van der Waals surface area contributed by atoms with Gasteiger partial charge in [0.1, 0.15) is 5.82 Å². The predicted octanol–water partition coefficient (Wildman–Crippen LogP) is 0.344. The van der Waals surface area contributed by atoms with E-state index in [1.54, 1.807) is 6.92 Å². The Morgan fingerprint density at radius 1 is 1.43 bits per heavy atom. The van der Waals surface area contributed by atoms with Gasteiger partial charge >= 0.3 is 0 Å². The Kier molecular flexibility index (Phi) is 6.37. The molecule has 0 bridgehead atoms. The molecule has 0 aliphatic heterocycles. The monoisotopic (exact) mass is 291 g/mol. The van der Waals surface area contributed by atoms with Crippen LogP contribution in [-0.2, 0) is 4.79 Å². The molecule has 0 aliphatic rings. The largest absolute Gasteiger partial charge is 0.355 e. The first-order valence-corrected chi connectivity index (χ1v) is 6.50. The number of nitrogens with one attached hydrogen (secondary N) is 1. The van der Waals surface area contributed by atoms with Crippen molar-refractivity contribution >= 4 is 11.8 Å². The summed E-state index contributed by atoms with van der Waals surface area (Å²) in [5.41, 5.74) is 5.57. The zero-order valence-corrected chi connectivity index (χ0v) is 12.1. The molecule has 0 aromatic heterocycles. The van der Waals surface area contributed by atoms with E-state index in [0.29, 0.717) is 6.54 Å². The predicted molar refractivity (Wildman–Crippen MR) is 78.0 cm³/mol. The van der Waals surface area contributed by atoms with E-state index in [1.807, 2.05) is 0 Å². The molecule has 1 aromatic carbocycles. The summed E-state index contributed by atoms with van der Waals surface area (Å²) >= 11 is 0. The van der Waals surface area contributed by atoms with Gasteiger partial charge in [0.05, 0.1) is 18.7 Å². The van der Waals surface area contributed by atoms with Gasteiger partial charge in [0.2, 0.25) is 5.91 Å². The first-order chi connectivity index (χ1) is 9.99. The topological polar surface area (TPSA) is 75.4 Å². The van der Waals surface area contributed by atoms with Crippen molar-refractivity contribution in [1.82, 2.24) is 10.2 Å². The van der Waals surface area contributed by atoms with Crippen molar-refractivity contribution in [3.05, 3.63) is 35.1 Å². The molecule has 0 saturated heterocycles. The van der Waals surface area contributed by atoms with Crippen LogP contribution in [-0.4, -0.2) is 43.4 Å². The maximum Gasteiger partial charge on any atom is 0.254 e. The minimum Gasteiger partial charge on any atom is -0.355 e. The molecule has 0 heterocycles. The summed E-state index contributed by atoms with van der Waals surface area (Å²) in [6.07, 6.45) is 0. The summed E-state index contributed by atoms with van der Waals surface area (Å²) in [6.45, 7) is 2.33. The molecule has 1 aromatic rings. The zero-order valence-electron chi connectivity index (χ0n) is 12.1. The van der Waals surface area contributed by atoms with Gasteiger partial charge in [0.15, 0.2) is 0 Å². The third kappa shape index (κ3) is 4.89. The molecule has 1 rings (SSSR count). The van der Waals surface area contributed by atoms with Gasteiger partial charge in [-0.15, -0.1) is 0 Å². The van der Waals surface area contributed by atoms with E-state index in [0.717, 1.165) is 6.07 Å². The van der Waals surface area contributed by atoms with E-state index < -0.39 is 11.7 Å². The number of amides is 2. The number of benzene rings is 1. The van der Waals surface area contributed by atoms with Gasteiger partial charge < -0.3 is 16.0 Å². The molecule has 0 atom stereocenters. The van der Waals surface area contributed by atoms with Crippen LogP contribution in [0.5, 0.6) is 0 Å². The minimum absolute atomic E-state index is 0.0803. The Hall–Kier alpha value is -2.39. The Balaban J connectivity index is 2.83. The van der Waals surface area contributed by atoms with Crippen molar-refractivity contribution < 1.29 is 14.0 Å². The second-order valence-electron chi connectivity index (χ2n) is 4.32. The molecule has 21 heavy (non-hydrogen) atoms. The van der Waals surface area contributed by atoms with Gasteiger partial charge in [-0.1, -0.05) is 11.8 Å². The van der Waals surface area contributed by atoms with Crippen LogP contribution in [0.15, 0.2) is 18.2 Å². The van der Waals surface area contributed by atoms with Gasteiger partial charge in [0.25, 0.3) is 5.91 Å². The summed E-state index contributed by atoms with van der Waals surface area (Å²) in [5, 5.41) is 2.59. The maximum atomic E-state index is 13.8. The third-order valence-electron chi connectivity index (χ3n) is 2.64. The molecule has 0 aliphatic carbocycles. The number of nitrogens with zero attached hydrogens (tertiary/aromatic N) is 1. The fraction of sp³-hybridized carbons (Fsp3) is 0.333. The fourth-order valence-corrected chi connectivity index (χ4v) is 1.66. The lowest BCUT2D eigenvalue weighted by molar-refractivity contribution is -0.121. The van der Waals surface area contributed by atoms with E-state index >= 15 is 0 Å². The molecule has 0 radical (unpaired) electrons. The smallest absolute Gasteiger partial charge is 0.254 e. The van der Waals surface area contributed by atoms with E-state index in [4.69, 9.17) is 5.73 Å². The van der Waals surface area contributed by atoms with Gasteiger partial charge in [0, 0.05) is 19.2 Å². The average molecular weight is 291 g/mol. The molecule has 0 fully saturated rings. The number of halogens is 1. The van der Waals surface area contributed by atoms with Crippen LogP contribution in [0, 0.1) is 17.7 Å². The highest BCUT2D eigenvalue weighted by atomic mass is 19.1. The van der Waals surface area contributed by atoms with Crippen molar-refractivity contribution in [2.75, 3.05) is 26.7 Å². The second-order valence-corrected chi connectivity index (χ2v) is 4.32. The van der Waals surface area contributed by atoms with Crippen LogP contribution < -0.4 is 11.1 Å². The standard InChI is InChI=1S/C15H18FN3O2/c1-3-18-14(20)10-19(2)15(21)12-7-6-11(5-4-8-17)13(16)9-12/h6-7,9H,3,8,10,17H2,1-2H3,(H,18,20). The van der Waals surface area contributed by atoms with Crippen LogP contribution >= 0.6 is 0 Å². The normalized spacial score (nSPS) is 9.52. The Labute approximate surface area is 123 Å². The Morgan fingerprint density at radius 3 is 2.71 bits per heavy atom. The lowest BCUT2D eigenvalue weighted by Crippen LogP contribution is -2.38. The number of rotatable bonds is 4.